The predicted octanol–water partition coefficient (Wildman–Crippen LogP) is 2.62. The van der Waals surface area contributed by atoms with Crippen LogP contribution in [0.5, 0.6) is 0 Å². The average molecular weight is 248 g/mol. The van der Waals surface area contributed by atoms with Crippen molar-refractivity contribution in [2.24, 2.45) is 0 Å². The van der Waals surface area contributed by atoms with E-state index in [0.717, 1.165) is 32.1 Å². The van der Waals surface area contributed by atoms with Gasteiger partial charge in [0.1, 0.15) is 0 Å². The van der Waals surface area contributed by atoms with Crippen LogP contribution in [0.25, 0.3) is 0 Å². The lowest BCUT2D eigenvalue weighted by Crippen LogP contribution is -2.13. The van der Waals surface area contributed by atoms with Crippen LogP contribution in [0.3, 0.4) is 0 Å². The van der Waals surface area contributed by atoms with E-state index in [-0.39, 0.29) is 17.4 Å². The second-order valence-electron chi connectivity index (χ2n) is 3.77. The fraction of sp³-hybridized carbons (Fsp3) is 0.818. The van der Waals surface area contributed by atoms with Gasteiger partial charge in [-0.2, -0.15) is 0 Å². The maximum Gasteiger partial charge on any atom is 0.313 e. The van der Waals surface area contributed by atoms with Gasteiger partial charge < -0.3 is 10.2 Å². The van der Waals surface area contributed by atoms with Crippen LogP contribution < -0.4 is 0 Å². The molecule has 0 radical (unpaired) electrons. The normalized spacial score (nSPS) is 12.3. The van der Waals surface area contributed by atoms with Gasteiger partial charge in [-0.15, -0.1) is 11.8 Å². The van der Waals surface area contributed by atoms with E-state index in [1.54, 1.807) is 0 Å². The van der Waals surface area contributed by atoms with E-state index >= 15 is 0 Å². The maximum atomic E-state index is 10.6. The molecule has 0 aromatic rings. The number of aliphatic carboxylic acids is 2. The Morgan fingerprint density at radius 2 is 1.81 bits per heavy atom. The first-order valence-corrected chi connectivity index (χ1v) is 6.66. The first kappa shape index (κ1) is 15.3. The number of carbonyl (C=O) groups is 2. The molecule has 0 unspecified atom stereocenters. The number of carboxylic acids is 2. The van der Waals surface area contributed by atoms with E-state index in [1.807, 2.05) is 0 Å². The van der Waals surface area contributed by atoms with E-state index in [1.165, 1.54) is 11.8 Å². The van der Waals surface area contributed by atoms with Gasteiger partial charge in [-0.05, 0) is 6.42 Å². The molecule has 2 N–H and O–H groups in total. The van der Waals surface area contributed by atoms with Crippen LogP contribution in [0.2, 0.25) is 0 Å². The van der Waals surface area contributed by atoms with Gasteiger partial charge in [-0.3, -0.25) is 9.59 Å². The number of rotatable bonds is 10. The van der Waals surface area contributed by atoms with Crippen LogP contribution in [0.4, 0.5) is 0 Å². The van der Waals surface area contributed by atoms with E-state index in [2.05, 4.69) is 6.92 Å². The number of carboxylic acid groups (broad SMARTS) is 2. The zero-order valence-corrected chi connectivity index (χ0v) is 10.5. The number of thioether (sulfide) groups is 1. The Morgan fingerprint density at radius 1 is 1.12 bits per heavy atom. The van der Waals surface area contributed by atoms with E-state index in [9.17, 15) is 9.59 Å². The smallest absolute Gasteiger partial charge is 0.313 e. The van der Waals surface area contributed by atoms with Crippen molar-refractivity contribution < 1.29 is 19.8 Å². The molecule has 1 atom stereocenters. The van der Waals surface area contributed by atoms with Gasteiger partial charge in [-0.25, -0.2) is 0 Å². The molecule has 0 aliphatic carbocycles. The molecule has 94 valence electrons. The molecule has 16 heavy (non-hydrogen) atoms. The summed E-state index contributed by atoms with van der Waals surface area (Å²) in [5.41, 5.74) is 0. The molecule has 0 amide bonds. The summed E-state index contributed by atoms with van der Waals surface area (Å²) in [5.74, 6) is -1.74. The second-order valence-corrected chi connectivity index (χ2v) is 5.06. The number of hydrogen-bond donors (Lipinski definition) is 2. The van der Waals surface area contributed by atoms with Crippen LogP contribution in [0.15, 0.2) is 0 Å². The monoisotopic (exact) mass is 248 g/mol. The van der Waals surface area contributed by atoms with E-state index in [0.29, 0.717) is 0 Å². The predicted molar refractivity (Wildman–Crippen MR) is 64.9 cm³/mol. The fourth-order valence-corrected chi connectivity index (χ4v) is 2.40. The molecule has 5 heteroatoms. The van der Waals surface area contributed by atoms with Gasteiger partial charge in [0.15, 0.2) is 0 Å². The summed E-state index contributed by atoms with van der Waals surface area (Å²) in [6.45, 7) is 2.12. The molecule has 0 saturated carbocycles. The largest absolute Gasteiger partial charge is 0.481 e. The zero-order chi connectivity index (χ0) is 12.4. The Morgan fingerprint density at radius 3 is 2.31 bits per heavy atom. The van der Waals surface area contributed by atoms with E-state index < -0.39 is 11.9 Å². The molecule has 4 nitrogen and oxygen atoms in total. The molecule has 0 saturated heterocycles. The highest BCUT2D eigenvalue weighted by Crippen LogP contribution is 2.21. The fourth-order valence-electron chi connectivity index (χ4n) is 1.43. The van der Waals surface area contributed by atoms with Gasteiger partial charge in [0.05, 0.1) is 12.2 Å². The summed E-state index contributed by atoms with van der Waals surface area (Å²) in [6.07, 6.45) is 5.24. The first-order valence-electron chi connectivity index (χ1n) is 5.61. The van der Waals surface area contributed by atoms with Crippen LogP contribution in [0, 0.1) is 0 Å². The van der Waals surface area contributed by atoms with Gasteiger partial charge in [-0.1, -0.05) is 32.6 Å². The summed E-state index contributed by atoms with van der Waals surface area (Å²) < 4.78 is 0. The van der Waals surface area contributed by atoms with Gasteiger partial charge in [0, 0.05) is 5.25 Å². The van der Waals surface area contributed by atoms with Crippen LogP contribution in [-0.2, 0) is 9.59 Å². The van der Waals surface area contributed by atoms with Gasteiger partial charge >= 0.3 is 11.9 Å². The van der Waals surface area contributed by atoms with Crippen molar-refractivity contribution in [2.45, 2.75) is 50.7 Å². The quantitative estimate of drug-likeness (QED) is 0.581. The van der Waals surface area contributed by atoms with Crippen molar-refractivity contribution in [1.82, 2.24) is 0 Å². The van der Waals surface area contributed by atoms with Gasteiger partial charge in [0.2, 0.25) is 0 Å². The molecule has 0 spiro atoms. The van der Waals surface area contributed by atoms with Crippen molar-refractivity contribution in [3.63, 3.8) is 0 Å². The molecule has 0 bridgehead atoms. The van der Waals surface area contributed by atoms with Gasteiger partial charge in [0.25, 0.3) is 0 Å². The second kappa shape index (κ2) is 9.51. The SMILES string of the molecule is CCCCCC[C@H](CC(=O)O)SCC(=O)O. The summed E-state index contributed by atoms with van der Waals surface area (Å²) in [5, 5.41) is 17.2. The summed E-state index contributed by atoms with van der Waals surface area (Å²) in [7, 11) is 0. The summed E-state index contributed by atoms with van der Waals surface area (Å²) >= 11 is 1.24. The maximum absolute atomic E-state index is 10.6. The summed E-state index contributed by atoms with van der Waals surface area (Å²) in [4.78, 5) is 21.0. The minimum absolute atomic E-state index is 0.00821. The molecular weight excluding hydrogens is 228 g/mol. The third-order valence-corrected chi connectivity index (χ3v) is 3.51. The van der Waals surface area contributed by atoms with Crippen molar-refractivity contribution in [2.75, 3.05) is 5.75 Å². The number of unbranched alkanes of at least 4 members (excludes halogenated alkanes) is 3. The average Bonchev–Trinajstić information content (AvgIpc) is 2.19. The van der Waals surface area contributed by atoms with Crippen LogP contribution in [0.1, 0.15) is 45.4 Å². The van der Waals surface area contributed by atoms with Crippen molar-refractivity contribution in [3.05, 3.63) is 0 Å². The lowest BCUT2D eigenvalue weighted by molar-refractivity contribution is -0.137. The topological polar surface area (TPSA) is 74.6 Å². The molecule has 0 aliphatic heterocycles. The van der Waals surface area contributed by atoms with Crippen LogP contribution in [-0.4, -0.2) is 33.2 Å². The lowest BCUT2D eigenvalue weighted by atomic mass is 10.1. The molecule has 0 aromatic heterocycles. The Kier molecular flexibility index (Phi) is 9.09. The highest BCUT2D eigenvalue weighted by Gasteiger charge is 2.14. The minimum Gasteiger partial charge on any atom is -0.481 e. The Hall–Kier alpha value is -0.710. The van der Waals surface area contributed by atoms with E-state index in [4.69, 9.17) is 10.2 Å². The highest BCUT2D eigenvalue weighted by atomic mass is 32.2. The molecule has 0 aromatic carbocycles. The van der Waals surface area contributed by atoms with Crippen molar-refractivity contribution in [1.29, 1.82) is 0 Å². The van der Waals surface area contributed by atoms with Crippen LogP contribution >= 0.6 is 11.8 Å². The van der Waals surface area contributed by atoms with Crippen molar-refractivity contribution in [3.8, 4) is 0 Å². The lowest BCUT2D eigenvalue weighted by Gasteiger charge is -2.12. The molecule has 0 aliphatic rings. The molecule has 0 rings (SSSR count). The third-order valence-electron chi connectivity index (χ3n) is 2.22. The molecule has 0 heterocycles. The highest BCUT2D eigenvalue weighted by molar-refractivity contribution is 8.00. The summed E-state index contributed by atoms with van der Waals surface area (Å²) in [6, 6.07) is 0. The Balaban J connectivity index is 3.80. The third kappa shape index (κ3) is 9.83. The zero-order valence-electron chi connectivity index (χ0n) is 9.65. The minimum atomic E-state index is -0.881. The first-order chi connectivity index (χ1) is 7.56. The Labute approximate surface area is 100 Å². The molecule has 0 fully saturated rings. The molecular formula is C11H20O4S. The van der Waals surface area contributed by atoms with Crippen molar-refractivity contribution >= 4 is 23.7 Å². The number of hydrogen-bond acceptors (Lipinski definition) is 3. The standard InChI is InChI=1S/C11H20O4S/c1-2-3-4-5-6-9(7-10(12)13)16-8-11(14)15/h9H,2-8H2,1H3,(H,12,13)(H,14,15)/t9-/m1/s1. The Bertz CT molecular complexity index is 218.